The Morgan fingerprint density at radius 3 is 3.00 bits per heavy atom. The zero-order valence-corrected chi connectivity index (χ0v) is 15.1. The Bertz CT molecular complexity index is 799. The van der Waals surface area contributed by atoms with Crippen LogP contribution in [0.3, 0.4) is 0 Å². The minimum atomic E-state index is -0.0753. The summed E-state index contributed by atoms with van der Waals surface area (Å²) in [7, 11) is 0. The first-order valence-corrected chi connectivity index (χ1v) is 9.07. The van der Waals surface area contributed by atoms with Crippen molar-refractivity contribution >= 4 is 5.91 Å². The third-order valence-corrected chi connectivity index (χ3v) is 4.67. The van der Waals surface area contributed by atoms with Crippen molar-refractivity contribution in [3.05, 3.63) is 29.3 Å². The molecule has 0 N–H and O–H groups in total. The molecular weight excluding hydrogens is 334 g/mol. The summed E-state index contributed by atoms with van der Waals surface area (Å²) >= 11 is 0. The fourth-order valence-electron chi connectivity index (χ4n) is 3.52. The number of carbonyl (C=O) groups excluding carboxylic acids is 1. The normalized spacial score (nSPS) is 19.6. The van der Waals surface area contributed by atoms with Gasteiger partial charge in [-0.1, -0.05) is 0 Å². The van der Waals surface area contributed by atoms with E-state index in [0.717, 1.165) is 31.5 Å². The monoisotopic (exact) mass is 357 g/mol. The maximum absolute atomic E-state index is 13.0. The second-order valence-electron chi connectivity index (χ2n) is 6.82. The third kappa shape index (κ3) is 3.36. The number of piperidine rings is 1. The maximum Gasteiger partial charge on any atom is 0.261 e. The van der Waals surface area contributed by atoms with Crippen LogP contribution in [0.2, 0.25) is 0 Å². The highest BCUT2D eigenvalue weighted by Crippen LogP contribution is 2.25. The summed E-state index contributed by atoms with van der Waals surface area (Å²) in [6, 6.07) is 1.83. The molecule has 8 nitrogen and oxygen atoms in total. The van der Waals surface area contributed by atoms with Gasteiger partial charge in [0.05, 0.1) is 19.3 Å². The first-order chi connectivity index (χ1) is 12.6. The van der Waals surface area contributed by atoms with E-state index in [1.807, 2.05) is 24.8 Å². The minimum absolute atomic E-state index is 0.0449. The summed E-state index contributed by atoms with van der Waals surface area (Å²) in [5.41, 5.74) is 1.42. The van der Waals surface area contributed by atoms with E-state index in [0.29, 0.717) is 42.8 Å². The minimum Gasteiger partial charge on any atom is -0.477 e. The number of hydrogen-bond donors (Lipinski definition) is 0. The van der Waals surface area contributed by atoms with Gasteiger partial charge in [-0.25, -0.2) is 9.67 Å². The number of nitrogens with zero attached hydrogens (tertiary/aromatic N) is 5. The Morgan fingerprint density at radius 1 is 1.27 bits per heavy atom. The van der Waals surface area contributed by atoms with Crippen molar-refractivity contribution in [3.63, 3.8) is 0 Å². The number of ether oxygens (including phenoxy) is 2. The van der Waals surface area contributed by atoms with Crippen LogP contribution in [0.15, 0.2) is 12.3 Å². The van der Waals surface area contributed by atoms with Crippen molar-refractivity contribution in [3.8, 4) is 11.8 Å². The number of rotatable bonds is 3. The molecule has 0 aliphatic carbocycles. The SMILES string of the molecule is Cc1cc(OC2CCCN(C(=O)c3cnn4c3OCCC4)C2)nc(C)n1. The number of hydrogen-bond acceptors (Lipinski definition) is 6. The van der Waals surface area contributed by atoms with Crippen LogP contribution >= 0.6 is 0 Å². The Labute approximate surface area is 152 Å². The molecule has 0 radical (unpaired) electrons. The first kappa shape index (κ1) is 16.8. The molecule has 1 fully saturated rings. The zero-order chi connectivity index (χ0) is 18.1. The van der Waals surface area contributed by atoms with Crippen LogP contribution in [0.25, 0.3) is 0 Å². The van der Waals surface area contributed by atoms with Crippen LogP contribution in [0, 0.1) is 13.8 Å². The van der Waals surface area contributed by atoms with Gasteiger partial charge in [-0.15, -0.1) is 0 Å². The van der Waals surface area contributed by atoms with Crippen LogP contribution in [-0.4, -0.2) is 56.4 Å². The summed E-state index contributed by atoms with van der Waals surface area (Å²) < 4.78 is 13.5. The Hall–Kier alpha value is -2.64. The van der Waals surface area contributed by atoms with E-state index in [9.17, 15) is 4.79 Å². The van der Waals surface area contributed by atoms with Gasteiger partial charge in [0.15, 0.2) is 0 Å². The molecule has 138 valence electrons. The largest absolute Gasteiger partial charge is 0.477 e. The van der Waals surface area contributed by atoms with E-state index < -0.39 is 0 Å². The zero-order valence-electron chi connectivity index (χ0n) is 15.1. The molecule has 2 aromatic heterocycles. The number of amides is 1. The van der Waals surface area contributed by atoms with Gasteiger partial charge in [-0.05, 0) is 26.7 Å². The van der Waals surface area contributed by atoms with Gasteiger partial charge in [-0.2, -0.15) is 10.1 Å². The van der Waals surface area contributed by atoms with Crippen LogP contribution in [-0.2, 0) is 6.54 Å². The lowest BCUT2D eigenvalue weighted by molar-refractivity contribution is 0.0521. The number of aromatic nitrogens is 4. The average molecular weight is 357 g/mol. The molecule has 2 aliphatic heterocycles. The van der Waals surface area contributed by atoms with E-state index in [-0.39, 0.29) is 12.0 Å². The van der Waals surface area contributed by atoms with Crippen LogP contribution in [0.5, 0.6) is 11.8 Å². The van der Waals surface area contributed by atoms with E-state index in [4.69, 9.17) is 9.47 Å². The molecule has 1 amide bonds. The fourth-order valence-corrected chi connectivity index (χ4v) is 3.52. The first-order valence-electron chi connectivity index (χ1n) is 9.07. The van der Waals surface area contributed by atoms with Crippen LogP contribution in [0.1, 0.15) is 41.1 Å². The van der Waals surface area contributed by atoms with Crippen molar-refractivity contribution in [2.24, 2.45) is 0 Å². The molecule has 1 atom stereocenters. The van der Waals surface area contributed by atoms with Gasteiger partial charge in [0.25, 0.3) is 5.91 Å². The predicted molar refractivity (Wildman–Crippen MR) is 93.4 cm³/mol. The summed E-state index contributed by atoms with van der Waals surface area (Å²) in [4.78, 5) is 23.4. The molecule has 2 aliphatic rings. The second kappa shape index (κ2) is 6.93. The molecule has 1 saturated heterocycles. The van der Waals surface area contributed by atoms with E-state index in [1.54, 1.807) is 10.9 Å². The van der Waals surface area contributed by atoms with Crippen LogP contribution in [0.4, 0.5) is 0 Å². The average Bonchev–Trinajstić information content (AvgIpc) is 3.04. The Kier molecular flexibility index (Phi) is 4.48. The summed E-state index contributed by atoms with van der Waals surface area (Å²) in [5.74, 6) is 1.80. The number of carbonyl (C=O) groups is 1. The van der Waals surface area contributed by atoms with Gasteiger partial charge in [0.1, 0.15) is 17.5 Å². The molecule has 2 aromatic rings. The molecular formula is C18H23N5O3. The summed E-state index contributed by atoms with van der Waals surface area (Å²) in [6.45, 7) is 6.43. The van der Waals surface area contributed by atoms with Crippen molar-refractivity contribution in [1.82, 2.24) is 24.6 Å². The number of fused-ring (bicyclic) bond motifs is 1. The van der Waals surface area contributed by atoms with Crippen molar-refractivity contribution in [1.29, 1.82) is 0 Å². The lowest BCUT2D eigenvalue weighted by atomic mass is 10.1. The molecule has 4 heterocycles. The van der Waals surface area contributed by atoms with Crippen molar-refractivity contribution in [2.75, 3.05) is 19.7 Å². The Morgan fingerprint density at radius 2 is 2.15 bits per heavy atom. The lowest BCUT2D eigenvalue weighted by Gasteiger charge is -2.32. The fraction of sp³-hybridized carbons (Fsp3) is 0.556. The van der Waals surface area contributed by atoms with Gasteiger partial charge < -0.3 is 14.4 Å². The molecule has 4 rings (SSSR count). The highest BCUT2D eigenvalue weighted by atomic mass is 16.5. The Balaban J connectivity index is 1.46. The number of likely N-dealkylation sites (tertiary alicyclic amines) is 1. The topological polar surface area (TPSA) is 82.4 Å². The smallest absolute Gasteiger partial charge is 0.261 e. The van der Waals surface area contributed by atoms with Gasteiger partial charge in [0, 0.05) is 31.3 Å². The molecule has 1 unspecified atom stereocenters. The predicted octanol–water partition coefficient (Wildman–Crippen LogP) is 1.76. The van der Waals surface area contributed by atoms with Crippen molar-refractivity contribution in [2.45, 2.75) is 45.8 Å². The van der Waals surface area contributed by atoms with Gasteiger partial charge in [0.2, 0.25) is 11.8 Å². The molecule has 0 aromatic carbocycles. The highest BCUT2D eigenvalue weighted by Gasteiger charge is 2.30. The summed E-state index contributed by atoms with van der Waals surface area (Å²) in [5, 5.41) is 4.27. The lowest BCUT2D eigenvalue weighted by Crippen LogP contribution is -2.44. The van der Waals surface area contributed by atoms with Crippen LogP contribution < -0.4 is 9.47 Å². The third-order valence-electron chi connectivity index (χ3n) is 4.67. The molecule has 0 spiro atoms. The molecule has 8 heteroatoms. The molecule has 0 saturated carbocycles. The number of aryl methyl sites for hydroxylation is 3. The summed E-state index contributed by atoms with van der Waals surface area (Å²) in [6.07, 6.45) is 4.25. The van der Waals surface area contributed by atoms with Crippen molar-refractivity contribution < 1.29 is 14.3 Å². The van der Waals surface area contributed by atoms with E-state index in [2.05, 4.69) is 15.1 Å². The van der Waals surface area contributed by atoms with E-state index in [1.165, 1.54) is 0 Å². The maximum atomic E-state index is 13.0. The van der Waals surface area contributed by atoms with Gasteiger partial charge >= 0.3 is 0 Å². The molecule has 26 heavy (non-hydrogen) atoms. The standard InChI is InChI=1S/C18H23N5O3/c1-12-9-16(21-13(2)20-12)26-14-5-3-6-22(11-14)17(24)15-10-19-23-7-4-8-25-18(15)23/h9-10,14H,3-8,11H2,1-2H3. The highest BCUT2D eigenvalue weighted by molar-refractivity contribution is 5.96. The quantitative estimate of drug-likeness (QED) is 0.832. The van der Waals surface area contributed by atoms with Gasteiger partial charge in [-0.3, -0.25) is 4.79 Å². The van der Waals surface area contributed by atoms with E-state index >= 15 is 0 Å². The molecule has 0 bridgehead atoms. The second-order valence-corrected chi connectivity index (χ2v) is 6.82.